The van der Waals surface area contributed by atoms with Gasteiger partial charge < -0.3 is 10.3 Å². The number of hydroxylamine groups is 2. The second kappa shape index (κ2) is 11.2. The molecule has 0 aliphatic rings. The van der Waals surface area contributed by atoms with Crippen LogP contribution in [0, 0.1) is 0 Å². The Labute approximate surface area is 165 Å². The van der Waals surface area contributed by atoms with E-state index in [1.807, 2.05) is 54.6 Å². The number of amides is 1. The van der Waals surface area contributed by atoms with Gasteiger partial charge in [0, 0.05) is 6.54 Å². The molecule has 0 saturated carbocycles. The number of imidazole rings is 1. The minimum Gasteiger partial charge on any atom is -0.341 e. The van der Waals surface area contributed by atoms with Gasteiger partial charge in [-0.2, -0.15) is 0 Å². The molecule has 0 unspecified atom stereocenters. The molecule has 148 valence electrons. The number of fused-ring (bicyclic) bond motifs is 1. The molecule has 3 aromatic rings. The molecule has 0 aliphatic carbocycles. The summed E-state index contributed by atoms with van der Waals surface area (Å²) in [5, 5.41) is 4.82. The molecule has 2 aromatic carbocycles. The van der Waals surface area contributed by atoms with Crippen LogP contribution in [0.3, 0.4) is 0 Å². The highest BCUT2D eigenvalue weighted by Crippen LogP contribution is 2.10. The number of nitrogens with zero attached hydrogens (tertiary/aromatic N) is 2. The molecule has 3 rings (SSSR count). The summed E-state index contributed by atoms with van der Waals surface area (Å²) >= 11 is 0. The molecule has 1 heterocycles. The van der Waals surface area contributed by atoms with Gasteiger partial charge in [0.25, 0.3) is 0 Å². The summed E-state index contributed by atoms with van der Waals surface area (Å²) in [5.41, 5.74) is 3.15. The maximum absolute atomic E-state index is 11.1. The highest BCUT2D eigenvalue weighted by atomic mass is 16.7. The van der Waals surface area contributed by atoms with E-state index >= 15 is 0 Å². The number of aromatic nitrogens is 2. The predicted molar refractivity (Wildman–Crippen MR) is 110 cm³/mol. The number of unbranched alkanes of at least 4 members (excludes halogenated alkanes) is 3. The number of hydrogen-bond acceptors (Lipinski definition) is 4. The van der Waals surface area contributed by atoms with Gasteiger partial charge in [0.05, 0.1) is 17.6 Å². The molecular weight excluding hydrogens is 352 g/mol. The quantitative estimate of drug-likeness (QED) is 0.269. The normalized spacial score (nSPS) is 11.0. The van der Waals surface area contributed by atoms with E-state index in [1.165, 1.54) is 5.06 Å². The van der Waals surface area contributed by atoms with Crippen molar-refractivity contribution in [3.8, 4) is 0 Å². The lowest BCUT2D eigenvalue weighted by molar-refractivity contribution is -0.177. The Morgan fingerprint density at radius 3 is 2.61 bits per heavy atom. The third kappa shape index (κ3) is 6.48. The summed E-state index contributed by atoms with van der Waals surface area (Å²) < 4.78 is 0. The molecule has 0 aliphatic heterocycles. The van der Waals surface area contributed by atoms with E-state index < -0.39 is 0 Å². The Morgan fingerprint density at radius 2 is 1.79 bits per heavy atom. The van der Waals surface area contributed by atoms with Crippen LogP contribution in [0.4, 0.5) is 0 Å². The first kappa shape index (κ1) is 20.0. The molecule has 6 heteroatoms. The largest absolute Gasteiger partial charge is 0.341 e. The molecule has 0 fully saturated rings. The van der Waals surface area contributed by atoms with Crippen LogP contribution >= 0.6 is 0 Å². The zero-order valence-electron chi connectivity index (χ0n) is 16.1. The van der Waals surface area contributed by atoms with E-state index in [4.69, 9.17) is 4.84 Å². The summed E-state index contributed by atoms with van der Waals surface area (Å²) in [5.74, 6) is 0.971. The van der Waals surface area contributed by atoms with E-state index in [0.29, 0.717) is 13.2 Å². The lowest BCUT2D eigenvalue weighted by atomic mass is 10.2. The monoisotopic (exact) mass is 380 g/mol. The number of aromatic amines is 1. The van der Waals surface area contributed by atoms with Crippen LogP contribution in [0.15, 0.2) is 54.6 Å². The number of para-hydroxylation sites is 2. The maximum Gasteiger partial charge on any atom is 0.233 e. The van der Waals surface area contributed by atoms with Crippen molar-refractivity contribution in [2.24, 2.45) is 0 Å². The number of nitrogens with one attached hydrogen (secondary N) is 2. The first-order chi connectivity index (χ1) is 13.8. The highest BCUT2D eigenvalue weighted by Gasteiger charge is 2.03. The first-order valence-electron chi connectivity index (χ1n) is 9.88. The molecule has 28 heavy (non-hydrogen) atoms. The fourth-order valence-corrected chi connectivity index (χ4v) is 3.05. The Balaban J connectivity index is 1.22. The van der Waals surface area contributed by atoms with Gasteiger partial charge >= 0.3 is 0 Å². The second-order valence-electron chi connectivity index (χ2n) is 6.80. The van der Waals surface area contributed by atoms with E-state index in [0.717, 1.165) is 67.6 Å². The first-order valence-corrected chi connectivity index (χ1v) is 9.88. The average molecular weight is 380 g/mol. The lowest BCUT2D eigenvalue weighted by Crippen LogP contribution is -2.23. The van der Waals surface area contributed by atoms with Crippen molar-refractivity contribution >= 4 is 17.4 Å². The SMILES string of the molecule is O=CN(CCCCCCNCc1nc2ccccc2[nH]1)OCc1ccccc1. The Bertz CT molecular complexity index is 802. The van der Waals surface area contributed by atoms with Crippen LogP contribution in [0.5, 0.6) is 0 Å². The predicted octanol–water partition coefficient (Wildman–Crippen LogP) is 3.80. The van der Waals surface area contributed by atoms with Crippen molar-refractivity contribution in [3.05, 3.63) is 66.0 Å². The van der Waals surface area contributed by atoms with Gasteiger partial charge in [0.1, 0.15) is 12.4 Å². The summed E-state index contributed by atoms with van der Waals surface area (Å²) in [6, 6.07) is 17.9. The third-order valence-corrected chi connectivity index (χ3v) is 4.57. The topological polar surface area (TPSA) is 70.2 Å². The summed E-state index contributed by atoms with van der Waals surface area (Å²) in [6.45, 7) is 2.76. The fourth-order valence-electron chi connectivity index (χ4n) is 3.05. The average Bonchev–Trinajstić information content (AvgIpc) is 3.15. The van der Waals surface area contributed by atoms with Crippen LogP contribution < -0.4 is 5.32 Å². The minimum atomic E-state index is 0.422. The standard InChI is InChI=1S/C22H28N4O2/c27-18-26(28-17-19-10-4-3-5-11-19)15-9-2-1-8-14-23-16-22-24-20-12-6-7-13-21(20)25-22/h3-7,10-13,18,23H,1-2,8-9,14-17H2,(H,24,25). The maximum atomic E-state index is 11.1. The number of carbonyl (C=O) groups is 1. The Kier molecular flexibility index (Phi) is 8.03. The minimum absolute atomic E-state index is 0.422. The highest BCUT2D eigenvalue weighted by molar-refractivity contribution is 5.74. The molecule has 0 radical (unpaired) electrons. The third-order valence-electron chi connectivity index (χ3n) is 4.57. The van der Waals surface area contributed by atoms with Crippen molar-refractivity contribution in [1.82, 2.24) is 20.3 Å². The zero-order chi connectivity index (χ0) is 19.4. The molecule has 0 spiro atoms. The van der Waals surface area contributed by atoms with Crippen molar-refractivity contribution in [2.45, 2.75) is 38.8 Å². The van der Waals surface area contributed by atoms with Crippen molar-refractivity contribution in [2.75, 3.05) is 13.1 Å². The second-order valence-corrected chi connectivity index (χ2v) is 6.80. The van der Waals surface area contributed by atoms with Gasteiger partial charge in [-0.3, -0.25) is 9.63 Å². The van der Waals surface area contributed by atoms with Crippen molar-refractivity contribution in [3.63, 3.8) is 0 Å². The van der Waals surface area contributed by atoms with E-state index in [2.05, 4.69) is 15.3 Å². The number of benzene rings is 2. The van der Waals surface area contributed by atoms with Gasteiger partial charge in [-0.25, -0.2) is 10.0 Å². The summed E-state index contributed by atoms with van der Waals surface area (Å²) in [4.78, 5) is 24.5. The summed E-state index contributed by atoms with van der Waals surface area (Å²) in [7, 11) is 0. The fraction of sp³-hybridized carbons (Fsp3) is 0.364. The van der Waals surface area contributed by atoms with Crippen molar-refractivity contribution < 1.29 is 9.63 Å². The van der Waals surface area contributed by atoms with Gasteiger partial charge in [0.15, 0.2) is 0 Å². The van der Waals surface area contributed by atoms with Crippen LogP contribution in [-0.2, 0) is 22.8 Å². The molecular formula is C22H28N4O2. The van der Waals surface area contributed by atoms with Crippen LogP contribution in [0.1, 0.15) is 37.1 Å². The lowest BCUT2D eigenvalue weighted by Gasteiger charge is -2.16. The molecule has 0 bridgehead atoms. The molecule has 1 aromatic heterocycles. The number of rotatable bonds is 13. The van der Waals surface area contributed by atoms with Gasteiger partial charge in [-0.1, -0.05) is 55.3 Å². The molecule has 0 atom stereocenters. The smallest absolute Gasteiger partial charge is 0.233 e. The van der Waals surface area contributed by atoms with E-state index in [-0.39, 0.29) is 0 Å². The Morgan fingerprint density at radius 1 is 1.00 bits per heavy atom. The van der Waals surface area contributed by atoms with Crippen molar-refractivity contribution in [1.29, 1.82) is 0 Å². The van der Waals surface area contributed by atoms with Gasteiger partial charge in [-0.15, -0.1) is 0 Å². The van der Waals surface area contributed by atoms with Crippen LogP contribution in [0.25, 0.3) is 11.0 Å². The Hall–Kier alpha value is -2.70. The van der Waals surface area contributed by atoms with Gasteiger partial charge in [0.2, 0.25) is 6.41 Å². The van der Waals surface area contributed by atoms with Crippen LogP contribution in [-0.4, -0.2) is 34.5 Å². The van der Waals surface area contributed by atoms with Crippen LogP contribution in [0.2, 0.25) is 0 Å². The zero-order valence-corrected chi connectivity index (χ0v) is 16.1. The molecule has 0 saturated heterocycles. The summed E-state index contributed by atoms with van der Waals surface area (Å²) in [6.07, 6.45) is 5.00. The number of hydrogen-bond donors (Lipinski definition) is 2. The van der Waals surface area contributed by atoms with E-state index in [9.17, 15) is 4.79 Å². The van der Waals surface area contributed by atoms with E-state index in [1.54, 1.807) is 0 Å². The molecule has 2 N–H and O–H groups in total. The molecule has 6 nitrogen and oxygen atoms in total. The number of carbonyl (C=O) groups excluding carboxylic acids is 1. The van der Waals surface area contributed by atoms with Gasteiger partial charge in [-0.05, 0) is 37.1 Å². The number of H-pyrrole nitrogens is 1. The molecule has 1 amide bonds.